The maximum Gasteiger partial charge on any atom is 0.501 e. The van der Waals surface area contributed by atoms with Crippen LogP contribution in [0.1, 0.15) is 89.5 Å². The summed E-state index contributed by atoms with van der Waals surface area (Å²) in [6.07, 6.45) is 17.0. The van der Waals surface area contributed by atoms with Crippen molar-refractivity contribution < 1.29 is 16.8 Å². The molecular weight excluding hydrogens is 336 g/mol. The number of fused-ring (bicyclic) bond motifs is 1. The molecule has 1 aliphatic heterocycles. The molecule has 1 aliphatic rings. The van der Waals surface area contributed by atoms with Crippen LogP contribution in [-0.4, -0.2) is 8.42 Å². The SMILES string of the molecule is CCCCCCCCCCCCCCc1ccc2c(c1)OS(=O)(=O)O2. The van der Waals surface area contributed by atoms with E-state index in [9.17, 15) is 8.42 Å². The lowest BCUT2D eigenvalue weighted by Crippen LogP contribution is -2.07. The summed E-state index contributed by atoms with van der Waals surface area (Å²) in [7, 11) is -3.87. The average Bonchev–Trinajstić information content (AvgIpc) is 2.89. The van der Waals surface area contributed by atoms with Crippen LogP contribution in [0.5, 0.6) is 11.5 Å². The summed E-state index contributed by atoms with van der Waals surface area (Å²) in [6.45, 7) is 2.26. The number of unbranched alkanes of at least 4 members (excludes halogenated alkanes) is 11. The maximum absolute atomic E-state index is 11.2. The van der Waals surface area contributed by atoms with E-state index in [4.69, 9.17) is 8.37 Å². The van der Waals surface area contributed by atoms with E-state index < -0.39 is 10.4 Å². The van der Waals surface area contributed by atoms with E-state index in [1.165, 1.54) is 70.6 Å². The van der Waals surface area contributed by atoms with Crippen molar-refractivity contribution >= 4 is 10.4 Å². The first-order chi connectivity index (χ1) is 12.1. The molecule has 0 N–H and O–H groups in total. The van der Waals surface area contributed by atoms with Gasteiger partial charge in [0.25, 0.3) is 0 Å². The van der Waals surface area contributed by atoms with Gasteiger partial charge in [-0.2, -0.15) is 0 Å². The Morgan fingerprint density at radius 1 is 0.720 bits per heavy atom. The van der Waals surface area contributed by atoms with E-state index in [2.05, 4.69) is 6.92 Å². The zero-order valence-electron chi connectivity index (χ0n) is 15.5. The van der Waals surface area contributed by atoms with E-state index in [1.807, 2.05) is 6.07 Å². The standard InChI is InChI=1S/C20H32O4S/c1-2-3-4-5-6-7-8-9-10-11-12-13-14-18-15-16-19-20(17-18)24-25(21,22)23-19/h15-17H,2-14H2,1H3. The van der Waals surface area contributed by atoms with Crippen LogP contribution >= 0.6 is 0 Å². The Balaban J connectivity index is 1.48. The number of hydrogen-bond acceptors (Lipinski definition) is 4. The minimum absolute atomic E-state index is 0.290. The monoisotopic (exact) mass is 368 g/mol. The molecule has 5 heteroatoms. The van der Waals surface area contributed by atoms with Crippen molar-refractivity contribution in [3.8, 4) is 11.5 Å². The Morgan fingerprint density at radius 2 is 1.24 bits per heavy atom. The normalized spacial score (nSPS) is 14.8. The van der Waals surface area contributed by atoms with E-state index in [-0.39, 0.29) is 0 Å². The van der Waals surface area contributed by atoms with E-state index in [0.717, 1.165) is 18.4 Å². The third-order valence-electron chi connectivity index (χ3n) is 4.71. The molecule has 2 rings (SSSR count). The van der Waals surface area contributed by atoms with Gasteiger partial charge < -0.3 is 8.37 Å². The summed E-state index contributed by atoms with van der Waals surface area (Å²) in [4.78, 5) is 0. The topological polar surface area (TPSA) is 52.6 Å². The fourth-order valence-electron chi connectivity index (χ4n) is 3.25. The van der Waals surface area contributed by atoms with Crippen LogP contribution in [-0.2, 0) is 16.8 Å². The van der Waals surface area contributed by atoms with Gasteiger partial charge in [0.05, 0.1) is 0 Å². The van der Waals surface area contributed by atoms with Crippen LogP contribution < -0.4 is 8.37 Å². The summed E-state index contributed by atoms with van der Waals surface area (Å²) in [5, 5.41) is 0. The molecule has 0 amide bonds. The molecule has 0 aromatic heterocycles. The Labute approximate surface area is 153 Å². The zero-order valence-corrected chi connectivity index (χ0v) is 16.3. The average molecular weight is 369 g/mol. The van der Waals surface area contributed by atoms with Crippen molar-refractivity contribution in [2.75, 3.05) is 0 Å². The predicted octanol–water partition coefficient (Wildman–Crippen LogP) is 5.95. The molecule has 0 aliphatic carbocycles. The number of benzene rings is 1. The highest BCUT2D eigenvalue weighted by atomic mass is 32.3. The number of aryl methyl sites for hydroxylation is 1. The Hall–Kier alpha value is -1.23. The lowest BCUT2D eigenvalue weighted by Gasteiger charge is -2.04. The van der Waals surface area contributed by atoms with Gasteiger partial charge >= 0.3 is 10.4 Å². The van der Waals surface area contributed by atoms with Gasteiger partial charge in [-0.05, 0) is 30.5 Å². The molecule has 0 unspecified atom stereocenters. The van der Waals surface area contributed by atoms with Crippen LogP contribution in [0.3, 0.4) is 0 Å². The molecule has 0 saturated carbocycles. The summed E-state index contributed by atoms with van der Waals surface area (Å²) < 4.78 is 32.0. The number of hydrogen-bond donors (Lipinski definition) is 0. The molecule has 0 spiro atoms. The molecule has 0 radical (unpaired) electrons. The fourth-order valence-corrected chi connectivity index (χ4v) is 3.99. The first kappa shape index (κ1) is 20.1. The van der Waals surface area contributed by atoms with Crippen LogP contribution in [0.25, 0.3) is 0 Å². The van der Waals surface area contributed by atoms with Crippen molar-refractivity contribution in [3.05, 3.63) is 23.8 Å². The molecule has 1 heterocycles. The first-order valence-electron chi connectivity index (χ1n) is 9.87. The van der Waals surface area contributed by atoms with Gasteiger partial charge in [0.2, 0.25) is 0 Å². The molecule has 0 atom stereocenters. The van der Waals surface area contributed by atoms with Gasteiger partial charge in [0.15, 0.2) is 11.5 Å². The van der Waals surface area contributed by atoms with Crippen molar-refractivity contribution in [3.63, 3.8) is 0 Å². The second-order valence-corrected chi connectivity index (χ2v) is 8.14. The van der Waals surface area contributed by atoms with Gasteiger partial charge in [-0.25, -0.2) is 0 Å². The lowest BCUT2D eigenvalue weighted by molar-refractivity contribution is 0.436. The van der Waals surface area contributed by atoms with E-state index in [1.54, 1.807) is 12.1 Å². The third kappa shape index (κ3) is 7.68. The summed E-state index contributed by atoms with van der Waals surface area (Å²) in [5.74, 6) is 0.606. The van der Waals surface area contributed by atoms with Gasteiger partial charge in [0, 0.05) is 0 Å². The minimum Gasteiger partial charge on any atom is -0.349 e. The second kappa shape index (κ2) is 10.7. The van der Waals surface area contributed by atoms with Crippen LogP contribution in [0.2, 0.25) is 0 Å². The van der Waals surface area contributed by atoms with E-state index in [0.29, 0.717) is 11.5 Å². The fraction of sp³-hybridized carbons (Fsp3) is 0.700. The molecule has 142 valence electrons. The minimum atomic E-state index is -3.87. The van der Waals surface area contributed by atoms with Gasteiger partial charge in [0.1, 0.15) is 0 Å². The van der Waals surface area contributed by atoms with Gasteiger partial charge in [-0.3, -0.25) is 0 Å². The Bertz CT molecular complexity index is 610. The van der Waals surface area contributed by atoms with Crippen molar-refractivity contribution in [1.82, 2.24) is 0 Å². The molecule has 25 heavy (non-hydrogen) atoms. The highest BCUT2D eigenvalue weighted by Crippen LogP contribution is 2.36. The molecule has 1 aromatic carbocycles. The smallest absolute Gasteiger partial charge is 0.349 e. The third-order valence-corrected chi connectivity index (χ3v) is 5.48. The summed E-state index contributed by atoms with van der Waals surface area (Å²) in [5.41, 5.74) is 1.10. The quantitative estimate of drug-likeness (QED) is 0.404. The zero-order chi connectivity index (χ0) is 18.0. The summed E-state index contributed by atoms with van der Waals surface area (Å²) in [6, 6.07) is 5.37. The Kier molecular flexibility index (Phi) is 8.59. The second-order valence-electron chi connectivity index (χ2n) is 7.00. The predicted molar refractivity (Wildman–Crippen MR) is 101 cm³/mol. The molecule has 1 aromatic rings. The largest absolute Gasteiger partial charge is 0.501 e. The van der Waals surface area contributed by atoms with Crippen LogP contribution in [0.4, 0.5) is 0 Å². The van der Waals surface area contributed by atoms with Crippen molar-refractivity contribution in [2.24, 2.45) is 0 Å². The van der Waals surface area contributed by atoms with Crippen molar-refractivity contribution in [2.45, 2.75) is 90.4 Å². The number of rotatable bonds is 13. The molecule has 0 bridgehead atoms. The van der Waals surface area contributed by atoms with Gasteiger partial charge in [-0.15, -0.1) is 8.42 Å². The highest BCUT2D eigenvalue weighted by Gasteiger charge is 2.28. The lowest BCUT2D eigenvalue weighted by atomic mass is 10.0. The van der Waals surface area contributed by atoms with Crippen LogP contribution in [0, 0.1) is 0 Å². The van der Waals surface area contributed by atoms with Crippen LogP contribution in [0.15, 0.2) is 18.2 Å². The molecule has 0 fully saturated rings. The van der Waals surface area contributed by atoms with Crippen molar-refractivity contribution in [1.29, 1.82) is 0 Å². The molecule has 0 saturated heterocycles. The van der Waals surface area contributed by atoms with E-state index >= 15 is 0 Å². The summed E-state index contributed by atoms with van der Waals surface area (Å²) >= 11 is 0. The Morgan fingerprint density at radius 3 is 1.84 bits per heavy atom. The van der Waals surface area contributed by atoms with Gasteiger partial charge in [-0.1, -0.05) is 83.6 Å². The molecule has 4 nitrogen and oxygen atoms in total. The highest BCUT2D eigenvalue weighted by molar-refractivity contribution is 7.82. The first-order valence-corrected chi connectivity index (χ1v) is 11.2. The molecular formula is C20H32O4S. The maximum atomic E-state index is 11.2.